The maximum atomic E-state index is 12.6. The second kappa shape index (κ2) is 54.1. The number of hydrogen-bond acceptors (Lipinski definition) is 14. The van der Waals surface area contributed by atoms with E-state index in [2.05, 4.69) is 63.8 Å². The smallest absolute Gasteiger partial charge is 0.411 e. The molecule has 0 aromatic heterocycles. The number of amides is 12. The Morgan fingerprint density at radius 2 is 0.538 bits per heavy atom. The van der Waals surface area contributed by atoms with Crippen LogP contribution >= 0.6 is 0 Å². The van der Waals surface area contributed by atoms with Gasteiger partial charge < -0.3 is 71.0 Å². The summed E-state index contributed by atoms with van der Waals surface area (Å²) in [5.41, 5.74) is 7.34. The van der Waals surface area contributed by atoms with Crippen LogP contribution in [0.2, 0.25) is 0 Å². The number of nitrogens with one attached hydrogen (secondary N) is 12. The van der Waals surface area contributed by atoms with Crippen molar-refractivity contribution in [3.8, 4) is 0 Å². The monoisotopic (exact) mass is 1440 g/mol. The van der Waals surface area contributed by atoms with E-state index in [0.29, 0.717) is 71.9 Å². The molecule has 568 valence electrons. The predicted molar refractivity (Wildman–Crippen MR) is 414 cm³/mol. The van der Waals surface area contributed by atoms with E-state index in [0.717, 1.165) is 86.5 Å². The van der Waals surface area contributed by atoms with Gasteiger partial charge >= 0.3 is 48.5 Å². The molecule has 26 heteroatoms. The molecule has 0 atom stereocenters. The van der Waals surface area contributed by atoms with Gasteiger partial charge in [0.25, 0.3) is 0 Å². The fourth-order valence-electron chi connectivity index (χ4n) is 9.98. The SMILES string of the molecule is CC.CC.CC.CC.CCCOCCOC(=O)Nc1cccc(NC(=O)NCc2cccc(CNC(=O)Nc3cccc(NC(=O)OCCOCCC)c3)c2)c1.O=C(NCc1cccc(CNC(=O)Nc2cccc(NC(=O)OC3CCCCC3)c2)c1)Nc1cccc(NC(=O)OC2CCCCC2)c1. The van der Waals surface area contributed by atoms with Crippen LogP contribution in [0.4, 0.5) is 83.9 Å². The highest BCUT2D eigenvalue weighted by molar-refractivity contribution is 5.94. The number of carbonyl (C=O) groups excluding carboxylic acids is 8. The van der Waals surface area contributed by atoms with E-state index in [9.17, 15) is 38.4 Å². The molecule has 2 fully saturated rings. The molecule has 8 rings (SSSR count). The zero-order chi connectivity index (χ0) is 76.0. The normalized spacial score (nSPS) is 11.9. The van der Waals surface area contributed by atoms with E-state index in [1.165, 1.54) is 12.8 Å². The van der Waals surface area contributed by atoms with Gasteiger partial charge in [-0.25, -0.2) is 38.4 Å². The van der Waals surface area contributed by atoms with Crippen LogP contribution in [0, 0.1) is 0 Å². The maximum Gasteiger partial charge on any atom is 0.411 e. The third-order valence-electron chi connectivity index (χ3n) is 14.5. The Morgan fingerprint density at radius 3 is 0.798 bits per heavy atom. The molecule has 0 bridgehead atoms. The largest absolute Gasteiger partial charge is 0.447 e. The predicted octanol–water partition coefficient (Wildman–Crippen LogP) is 18.5. The summed E-state index contributed by atoms with van der Waals surface area (Å²) >= 11 is 0. The van der Waals surface area contributed by atoms with Crippen LogP contribution in [0.5, 0.6) is 0 Å². The van der Waals surface area contributed by atoms with Gasteiger partial charge in [-0.1, -0.05) is 155 Å². The minimum absolute atomic E-state index is 0.0480. The van der Waals surface area contributed by atoms with Crippen molar-refractivity contribution in [3.63, 3.8) is 0 Å². The van der Waals surface area contributed by atoms with Gasteiger partial charge in [-0.3, -0.25) is 21.3 Å². The standard InChI is InChI=1S/C36H44N6O6.C34H44N6O8.4C2H6/c43-33(39-27-12-8-14-29(21-27)41-35(45)47-31-16-3-1-4-17-31)37-23-25-10-7-11-26(20-25)24-38-34(44)40-28-13-9-15-30(22-28)42-36(46)48-32-18-5-2-6-19-32;1-3-14-45-16-18-47-33(43)39-29-12-6-10-27(21-29)37-31(41)35-23-25-8-5-9-26(20-25)24-36-32(42)38-28-11-7-13-30(22-28)40-34(44)48-19-17-46-15-4-2;4*1-2/h7-15,20-22,31-32H,1-6,16-19,23-24H2,(H,41,45)(H,42,46)(H2,37,39,43)(H2,38,40,44);5-13,20-22H,3-4,14-19,23-24H2,1-2H3,(H,39,43)(H,40,44)(H2,35,37,41)(H2,36,38,42);4*1-2H3. The number of carbonyl (C=O) groups is 8. The number of anilines is 8. The highest BCUT2D eigenvalue weighted by Crippen LogP contribution is 2.25. The van der Waals surface area contributed by atoms with E-state index >= 15 is 0 Å². The summed E-state index contributed by atoms with van der Waals surface area (Å²) < 4.78 is 31.8. The number of ether oxygens (including phenoxy) is 6. The van der Waals surface area contributed by atoms with Crippen molar-refractivity contribution in [1.29, 1.82) is 0 Å². The molecular weight excluding hydrogens is 1330 g/mol. The van der Waals surface area contributed by atoms with Crippen LogP contribution in [0.1, 0.15) is 169 Å². The third kappa shape index (κ3) is 38.4. The van der Waals surface area contributed by atoms with Gasteiger partial charge in [0, 0.05) is 84.9 Å². The fourth-order valence-corrected chi connectivity index (χ4v) is 9.98. The molecule has 104 heavy (non-hydrogen) atoms. The maximum absolute atomic E-state index is 12.6. The summed E-state index contributed by atoms with van der Waals surface area (Å²) in [5.74, 6) is 0. The quantitative estimate of drug-likeness (QED) is 0.0161. The zero-order valence-corrected chi connectivity index (χ0v) is 62.3. The number of hydrogen-bond donors (Lipinski definition) is 12. The van der Waals surface area contributed by atoms with Crippen LogP contribution in [-0.4, -0.2) is 100 Å². The van der Waals surface area contributed by atoms with Crippen LogP contribution in [0.25, 0.3) is 0 Å². The summed E-state index contributed by atoms with van der Waals surface area (Å²) in [4.78, 5) is 98.8. The van der Waals surface area contributed by atoms with Crippen molar-refractivity contribution in [2.45, 2.75) is 185 Å². The molecule has 6 aromatic carbocycles. The lowest BCUT2D eigenvalue weighted by Crippen LogP contribution is -2.29. The first-order valence-electron chi connectivity index (χ1n) is 36.5. The van der Waals surface area contributed by atoms with Gasteiger partial charge in [-0.15, -0.1) is 0 Å². The summed E-state index contributed by atoms with van der Waals surface area (Å²) in [5, 5.41) is 33.0. The molecule has 12 N–H and O–H groups in total. The molecule has 2 aliphatic rings. The fraction of sp³-hybridized carbons (Fsp3) is 0.436. The molecule has 0 aliphatic heterocycles. The second-order valence-corrected chi connectivity index (χ2v) is 22.5. The Kier molecular flexibility index (Phi) is 45.6. The average Bonchev–Trinajstić information content (AvgIpc) is 0.981. The molecule has 12 amide bonds. The van der Waals surface area contributed by atoms with Crippen molar-refractivity contribution in [2.24, 2.45) is 0 Å². The van der Waals surface area contributed by atoms with Crippen LogP contribution in [0.3, 0.4) is 0 Å². The lowest BCUT2D eigenvalue weighted by molar-refractivity contribution is 0.0785. The number of rotatable bonds is 28. The van der Waals surface area contributed by atoms with Gasteiger partial charge in [-0.05, 0) is 159 Å². The molecule has 0 unspecified atom stereocenters. The lowest BCUT2D eigenvalue weighted by Gasteiger charge is -2.21. The minimum Gasteiger partial charge on any atom is -0.447 e. The molecule has 2 aliphatic carbocycles. The van der Waals surface area contributed by atoms with Crippen LogP contribution in [-0.2, 0) is 54.6 Å². The molecular formula is C78H112N12O14. The molecule has 2 saturated carbocycles. The molecule has 0 radical (unpaired) electrons. The third-order valence-corrected chi connectivity index (χ3v) is 14.5. The van der Waals surface area contributed by atoms with E-state index in [1.54, 1.807) is 97.1 Å². The summed E-state index contributed by atoms with van der Waals surface area (Å²) in [6, 6.07) is 40.3. The van der Waals surface area contributed by atoms with Gasteiger partial charge in [0.15, 0.2) is 0 Å². The lowest BCUT2D eigenvalue weighted by atomic mass is 9.98. The zero-order valence-electron chi connectivity index (χ0n) is 62.3. The van der Waals surface area contributed by atoms with E-state index in [-0.39, 0.29) is 51.6 Å². The van der Waals surface area contributed by atoms with Gasteiger partial charge in [0.05, 0.1) is 13.2 Å². The van der Waals surface area contributed by atoms with E-state index < -0.39 is 48.5 Å². The summed E-state index contributed by atoms with van der Waals surface area (Å²) in [6.07, 6.45) is 9.65. The first kappa shape index (κ1) is 87.6. The minimum atomic E-state index is -0.617. The van der Waals surface area contributed by atoms with Crippen molar-refractivity contribution in [3.05, 3.63) is 168 Å². The first-order chi connectivity index (χ1) is 50.7. The Morgan fingerprint density at radius 1 is 0.298 bits per heavy atom. The molecule has 0 heterocycles. The molecule has 6 aromatic rings. The second-order valence-electron chi connectivity index (χ2n) is 22.5. The van der Waals surface area contributed by atoms with Crippen LogP contribution in [0.15, 0.2) is 146 Å². The summed E-state index contributed by atoms with van der Waals surface area (Å²) in [7, 11) is 0. The molecule has 26 nitrogen and oxygen atoms in total. The van der Waals surface area contributed by atoms with Crippen molar-refractivity contribution in [1.82, 2.24) is 21.3 Å². The van der Waals surface area contributed by atoms with Crippen molar-refractivity contribution >= 4 is 94.0 Å². The molecule has 0 saturated heterocycles. The van der Waals surface area contributed by atoms with Gasteiger partial charge in [-0.2, -0.15) is 0 Å². The number of urea groups is 4. The van der Waals surface area contributed by atoms with Gasteiger partial charge in [0.1, 0.15) is 25.4 Å². The van der Waals surface area contributed by atoms with Crippen LogP contribution < -0.4 is 63.8 Å². The Balaban J connectivity index is 0.000000493. The Bertz CT molecular complexity index is 3260. The van der Waals surface area contributed by atoms with E-state index in [4.69, 9.17) is 28.4 Å². The topological polar surface area (TPSA) is 336 Å². The Labute approximate surface area is 614 Å². The van der Waals surface area contributed by atoms with Crippen molar-refractivity contribution < 1.29 is 66.8 Å². The average molecular weight is 1440 g/mol. The first-order valence-corrected chi connectivity index (χ1v) is 36.5. The molecule has 0 spiro atoms. The summed E-state index contributed by atoms with van der Waals surface area (Å²) in [6.45, 7) is 23.1. The Hall–Kier alpha value is -10.6. The highest BCUT2D eigenvalue weighted by Gasteiger charge is 2.20. The highest BCUT2D eigenvalue weighted by atomic mass is 16.6. The van der Waals surface area contributed by atoms with E-state index in [1.807, 2.05) is 118 Å². The van der Waals surface area contributed by atoms with Gasteiger partial charge in [0.2, 0.25) is 0 Å². The number of benzene rings is 6. The van der Waals surface area contributed by atoms with Crippen molar-refractivity contribution in [2.75, 3.05) is 82.2 Å².